The molecule has 2 aromatic carbocycles. The summed E-state index contributed by atoms with van der Waals surface area (Å²) < 4.78 is 4.94. The summed E-state index contributed by atoms with van der Waals surface area (Å²) >= 11 is 2.94. The first-order chi connectivity index (χ1) is 27.4. The standard InChI is InChI=1S/C16H17NO2S.C15H14O2S.C4H8O.4C2H4O2.Pd/c1-10-4-6-13(14(18)8-10)12(3)17-9-15(19)16-7-5-11(2)20-16;1-9-4-6-12(11(3)16)13(8-9)15(17)14-7-5-10(2)18-14;1-2-4-5-3-1;4*1-2(3)4;/h4-8,18H,9H2,1-3H3;4-8H,1-3H3;1-4H2;4*1H3,(H,3,4);. The van der Waals surface area contributed by atoms with Crippen molar-refractivity contribution in [1.29, 1.82) is 0 Å². The molecular weight excluding hydrogens is 909 g/mol. The predicted molar refractivity (Wildman–Crippen MR) is 230 cm³/mol. The van der Waals surface area contributed by atoms with Crippen LogP contribution in [-0.2, 0) is 44.3 Å². The van der Waals surface area contributed by atoms with Gasteiger partial charge in [-0.1, -0.05) is 23.8 Å². The second kappa shape index (κ2) is 32.6. The zero-order valence-electron chi connectivity index (χ0n) is 35.4. The van der Waals surface area contributed by atoms with Gasteiger partial charge in [0.25, 0.3) is 23.9 Å². The summed E-state index contributed by atoms with van der Waals surface area (Å²) in [5.41, 5.74) is 4.32. The van der Waals surface area contributed by atoms with Crippen molar-refractivity contribution < 1.29 is 84.3 Å². The first kappa shape index (κ1) is 59.1. The van der Waals surface area contributed by atoms with Gasteiger partial charge in [0.15, 0.2) is 11.6 Å². The number of thiophene rings is 2. The molecular formula is C43H55NO13PdS2. The Kier molecular flexibility index (Phi) is 32.2. The summed E-state index contributed by atoms with van der Waals surface area (Å²) in [7, 11) is 0. The monoisotopic (exact) mass is 963 g/mol. The molecule has 0 unspecified atom stereocenters. The molecule has 332 valence electrons. The van der Waals surface area contributed by atoms with Crippen LogP contribution in [0.2, 0.25) is 0 Å². The maximum Gasteiger partial charge on any atom is 0.300 e. The van der Waals surface area contributed by atoms with Gasteiger partial charge in [-0.3, -0.25) is 38.6 Å². The predicted octanol–water partition coefficient (Wildman–Crippen LogP) is 8.72. The fraction of sp³-hybridized carbons (Fsp3) is 0.349. The van der Waals surface area contributed by atoms with E-state index < -0.39 is 23.9 Å². The van der Waals surface area contributed by atoms with E-state index in [0.717, 1.165) is 66.7 Å². The van der Waals surface area contributed by atoms with Crippen molar-refractivity contribution in [3.05, 3.63) is 108 Å². The van der Waals surface area contributed by atoms with Crippen molar-refractivity contribution in [3.63, 3.8) is 0 Å². The molecule has 1 aliphatic heterocycles. The molecule has 0 amide bonds. The Morgan fingerprint density at radius 3 is 1.33 bits per heavy atom. The molecule has 3 heterocycles. The molecule has 5 rings (SSSR count). The fourth-order valence-electron chi connectivity index (χ4n) is 4.24. The van der Waals surface area contributed by atoms with Crippen molar-refractivity contribution in [2.75, 3.05) is 19.8 Å². The Balaban J connectivity index is -0.000000731. The maximum atomic E-state index is 12.4. The Morgan fingerprint density at radius 1 is 0.583 bits per heavy atom. The van der Waals surface area contributed by atoms with Crippen LogP contribution in [-0.4, -0.2) is 92.2 Å². The van der Waals surface area contributed by atoms with Crippen molar-refractivity contribution >= 4 is 69.6 Å². The molecule has 0 bridgehead atoms. The smallest absolute Gasteiger partial charge is 0.300 e. The minimum Gasteiger partial charge on any atom is -0.507 e. The number of benzene rings is 2. The fourth-order valence-corrected chi connectivity index (χ4v) is 5.86. The first-order valence-electron chi connectivity index (χ1n) is 17.9. The van der Waals surface area contributed by atoms with Crippen LogP contribution in [0.4, 0.5) is 0 Å². The van der Waals surface area contributed by atoms with Gasteiger partial charge in [-0.15, -0.1) is 22.7 Å². The Labute approximate surface area is 372 Å². The molecule has 4 aromatic rings. The zero-order valence-corrected chi connectivity index (χ0v) is 38.6. The molecule has 60 heavy (non-hydrogen) atoms. The Bertz CT molecular complexity index is 1960. The van der Waals surface area contributed by atoms with E-state index in [1.54, 1.807) is 25.1 Å². The average molecular weight is 964 g/mol. The summed E-state index contributed by atoms with van der Waals surface area (Å²) in [5.74, 6) is -3.27. The number of carboxylic acid groups (broad SMARTS) is 4. The van der Waals surface area contributed by atoms with Crippen molar-refractivity contribution in [2.45, 2.75) is 82.1 Å². The number of phenols is 1. The van der Waals surface area contributed by atoms with Gasteiger partial charge in [-0.05, 0) is 102 Å². The van der Waals surface area contributed by atoms with Crippen molar-refractivity contribution in [1.82, 2.24) is 0 Å². The molecule has 1 aliphatic rings. The summed E-state index contributed by atoms with van der Waals surface area (Å²) in [5, 5.41) is 39.6. The van der Waals surface area contributed by atoms with Gasteiger partial charge >= 0.3 is 0 Å². The number of hydrogen-bond donors (Lipinski definition) is 5. The van der Waals surface area contributed by atoms with E-state index in [4.69, 9.17) is 44.3 Å². The largest absolute Gasteiger partial charge is 0.507 e. The Hall–Kier alpha value is -5.18. The Morgan fingerprint density at radius 2 is 0.983 bits per heavy atom. The van der Waals surface area contributed by atoms with Crippen LogP contribution >= 0.6 is 22.7 Å². The van der Waals surface area contributed by atoms with Gasteiger partial charge in [0.05, 0.1) is 9.75 Å². The van der Waals surface area contributed by atoms with Crippen LogP contribution in [0, 0.1) is 27.7 Å². The van der Waals surface area contributed by atoms with Crippen LogP contribution in [0.25, 0.3) is 0 Å². The molecule has 0 radical (unpaired) electrons. The van der Waals surface area contributed by atoms with Gasteiger partial charge in [0.2, 0.25) is 5.78 Å². The van der Waals surface area contributed by atoms with Crippen LogP contribution in [0.1, 0.15) is 116 Å². The molecule has 17 heteroatoms. The summed E-state index contributed by atoms with van der Waals surface area (Å²) in [6.45, 7) is 17.5. The number of carbonyl (C=O) groups excluding carboxylic acids is 3. The number of ketones is 3. The minimum atomic E-state index is -0.833. The maximum absolute atomic E-state index is 12.4. The number of carbonyl (C=O) groups is 7. The van der Waals surface area contributed by atoms with Gasteiger partial charge in [0.1, 0.15) is 12.3 Å². The van der Waals surface area contributed by atoms with Gasteiger partial charge in [-0.25, -0.2) is 0 Å². The van der Waals surface area contributed by atoms with E-state index in [9.17, 15) is 19.5 Å². The van der Waals surface area contributed by atoms with Crippen molar-refractivity contribution in [3.8, 4) is 5.75 Å². The van der Waals surface area contributed by atoms with E-state index in [1.807, 2.05) is 70.2 Å². The van der Waals surface area contributed by atoms with E-state index >= 15 is 0 Å². The number of aryl methyl sites for hydroxylation is 4. The summed E-state index contributed by atoms with van der Waals surface area (Å²) in [4.78, 5) is 79.8. The number of aliphatic imine (C=N–C) groups is 1. The number of carboxylic acids is 4. The topological polar surface area (TPSA) is 242 Å². The van der Waals surface area contributed by atoms with Crippen molar-refractivity contribution in [2.24, 2.45) is 4.99 Å². The summed E-state index contributed by atoms with van der Waals surface area (Å²) in [6.07, 6.45) is 2.56. The van der Waals surface area contributed by atoms with Crippen LogP contribution in [0.3, 0.4) is 0 Å². The SMILES string of the molecule is C1CCOC1.CC(=NCC(=O)c1ccc(C)s1)c1ccc(C)cc1O.CC(=O)O.CC(=O)O.CC(=O)O.CC(=O)O.CC(=O)c1ccc(C)cc1C(=O)c1ccc(C)s1.[Pd]. The molecule has 0 aliphatic carbocycles. The van der Waals surface area contributed by atoms with E-state index in [2.05, 4.69) is 4.99 Å². The van der Waals surface area contributed by atoms with Crippen LogP contribution in [0.5, 0.6) is 5.75 Å². The molecule has 0 spiro atoms. The second-order valence-electron chi connectivity index (χ2n) is 12.5. The number of Topliss-reactive ketones (excluding diaryl/α,β-unsaturated/α-hetero) is 2. The molecule has 0 saturated carbocycles. The molecule has 2 aromatic heterocycles. The minimum absolute atomic E-state index is 0. The molecule has 1 fully saturated rings. The third-order valence-electron chi connectivity index (χ3n) is 6.61. The number of hydrogen-bond acceptors (Lipinski definition) is 12. The third-order valence-corrected chi connectivity index (χ3v) is 8.65. The van der Waals surface area contributed by atoms with E-state index in [0.29, 0.717) is 27.3 Å². The van der Waals surface area contributed by atoms with E-state index in [-0.39, 0.29) is 50.1 Å². The average Bonchev–Trinajstić information content (AvgIpc) is 3.91. The van der Waals surface area contributed by atoms with E-state index in [1.165, 1.54) is 42.4 Å². The quantitative estimate of drug-likeness (QED) is 0.0662. The van der Waals surface area contributed by atoms with Crippen LogP contribution < -0.4 is 0 Å². The number of phenolic OH excluding ortho intramolecular Hbond substituents is 1. The molecule has 1 saturated heterocycles. The number of ether oxygens (including phenoxy) is 1. The number of nitrogens with zero attached hydrogens (tertiary/aromatic N) is 1. The summed E-state index contributed by atoms with van der Waals surface area (Å²) in [6, 6.07) is 18.3. The molecule has 0 atom stereocenters. The number of rotatable bonds is 7. The molecule has 5 N–H and O–H groups in total. The first-order valence-corrected chi connectivity index (χ1v) is 19.5. The normalized spacial score (nSPS) is 10.7. The van der Waals surface area contributed by atoms with Crippen LogP contribution in [0.15, 0.2) is 65.7 Å². The van der Waals surface area contributed by atoms with Gasteiger partial charge < -0.3 is 30.3 Å². The van der Waals surface area contributed by atoms with Gasteiger partial charge in [0, 0.05) is 93.5 Å². The zero-order chi connectivity index (χ0) is 45.8. The van der Waals surface area contributed by atoms with Gasteiger partial charge in [-0.2, -0.15) is 0 Å². The number of aliphatic carboxylic acids is 4. The second-order valence-corrected chi connectivity index (χ2v) is 15.1. The third kappa shape index (κ3) is 29.9. The number of aromatic hydroxyl groups is 1. The molecule has 14 nitrogen and oxygen atoms in total.